The van der Waals surface area contributed by atoms with Crippen molar-refractivity contribution in [3.8, 4) is 11.5 Å². The van der Waals surface area contributed by atoms with Crippen LogP contribution in [0.15, 0.2) is 22.6 Å². The van der Waals surface area contributed by atoms with Crippen LogP contribution in [-0.4, -0.2) is 16.1 Å². The summed E-state index contributed by atoms with van der Waals surface area (Å²) in [6.45, 7) is 1.96. The largest absolute Gasteiger partial charge is 0.421 e. The summed E-state index contributed by atoms with van der Waals surface area (Å²) in [7, 11) is 0. The third-order valence-corrected chi connectivity index (χ3v) is 2.91. The Morgan fingerprint density at radius 2 is 2.12 bits per heavy atom. The van der Waals surface area contributed by atoms with E-state index in [0.717, 1.165) is 17.5 Å². The van der Waals surface area contributed by atoms with Gasteiger partial charge in [0.1, 0.15) is 0 Å². The molecular weight excluding hydrogens is 259 g/mol. The number of halogens is 2. The minimum atomic E-state index is 0.531. The molecule has 0 spiro atoms. The van der Waals surface area contributed by atoms with Crippen molar-refractivity contribution in [2.45, 2.75) is 19.8 Å². The molecule has 1 aromatic carbocycles. The zero-order chi connectivity index (χ0) is 12.3. The SMILES string of the molecule is Cc1cc(Cl)ccc1-c1nnc(CCCCl)o1. The van der Waals surface area contributed by atoms with Gasteiger partial charge in [-0.1, -0.05) is 11.6 Å². The Balaban J connectivity index is 2.24. The van der Waals surface area contributed by atoms with Crippen molar-refractivity contribution < 1.29 is 4.42 Å². The summed E-state index contributed by atoms with van der Waals surface area (Å²) in [5.41, 5.74) is 1.93. The van der Waals surface area contributed by atoms with Gasteiger partial charge in [-0.3, -0.25) is 0 Å². The summed E-state index contributed by atoms with van der Waals surface area (Å²) in [6.07, 6.45) is 1.55. The number of aromatic nitrogens is 2. The summed E-state index contributed by atoms with van der Waals surface area (Å²) >= 11 is 11.5. The van der Waals surface area contributed by atoms with E-state index >= 15 is 0 Å². The number of nitrogens with zero attached hydrogens (tertiary/aromatic N) is 2. The second-order valence-electron chi connectivity index (χ2n) is 3.75. The van der Waals surface area contributed by atoms with Crippen molar-refractivity contribution in [3.05, 3.63) is 34.7 Å². The first-order chi connectivity index (χ1) is 8.20. The molecule has 0 saturated carbocycles. The highest BCUT2D eigenvalue weighted by atomic mass is 35.5. The van der Waals surface area contributed by atoms with E-state index < -0.39 is 0 Å². The Hall–Kier alpha value is -1.06. The Kier molecular flexibility index (Phi) is 4.02. The molecule has 5 heteroatoms. The smallest absolute Gasteiger partial charge is 0.247 e. The lowest BCUT2D eigenvalue weighted by atomic mass is 10.1. The van der Waals surface area contributed by atoms with Gasteiger partial charge in [-0.15, -0.1) is 21.8 Å². The van der Waals surface area contributed by atoms with Crippen molar-refractivity contribution in [2.75, 3.05) is 5.88 Å². The van der Waals surface area contributed by atoms with Crippen LogP contribution in [0.1, 0.15) is 17.9 Å². The predicted octanol–water partition coefficient (Wildman–Crippen LogP) is 3.87. The molecule has 0 atom stereocenters. The third kappa shape index (κ3) is 2.99. The van der Waals surface area contributed by atoms with E-state index in [4.69, 9.17) is 27.6 Å². The molecule has 2 aromatic rings. The predicted molar refractivity (Wildman–Crippen MR) is 68.5 cm³/mol. The summed E-state index contributed by atoms with van der Waals surface area (Å²) in [5.74, 6) is 1.75. The summed E-state index contributed by atoms with van der Waals surface area (Å²) in [4.78, 5) is 0. The summed E-state index contributed by atoms with van der Waals surface area (Å²) in [6, 6.07) is 5.57. The second-order valence-corrected chi connectivity index (χ2v) is 4.57. The highest BCUT2D eigenvalue weighted by Crippen LogP contribution is 2.25. The molecule has 0 aliphatic carbocycles. The van der Waals surface area contributed by atoms with Crippen LogP contribution in [0.25, 0.3) is 11.5 Å². The summed E-state index contributed by atoms with van der Waals surface area (Å²) < 4.78 is 5.57. The molecule has 0 bridgehead atoms. The molecular formula is C12H12Cl2N2O. The lowest BCUT2D eigenvalue weighted by molar-refractivity contribution is 0.502. The molecule has 0 aliphatic heterocycles. The molecule has 1 aromatic heterocycles. The van der Waals surface area contributed by atoms with Gasteiger partial charge < -0.3 is 4.42 Å². The molecule has 0 aliphatic rings. The molecule has 0 saturated heterocycles. The number of rotatable bonds is 4. The number of alkyl halides is 1. The van der Waals surface area contributed by atoms with Gasteiger partial charge in [-0.25, -0.2) is 0 Å². The van der Waals surface area contributed by atoms with E-state index in [9.17, 15) is 0 Å². The Bertz CT molecular complexity index is 511. The van der Waals surface area contributed by atoms with E-state index in [-0.39, 0.29) is 0 Å². The molecule has 0 unspecified atom stereocenters. The van der Waals surface area contributed by atoms with Gasteiger partial charge in [0.05, 0.1) is 0 Å². The van der Waals surface area contributed by atoms with Crippen LogP contribution in [-0.2, 0) is 6.42 Å². The highest BCUT2D eigenvalue weighted by Gasteiger charge is 2.10. The Labute approximate surface area is 110 Å². The fourth-order valence-electron chi connectivity index (χ4n) is 1.55. The number of hydrogen-bond acceptors (Lipinski definition) is 3. The minimum absolute atomic E-state index is 0.531. The first-order valence-corrected chi connectivity index (χ1v) is 6.27. The van der Waals surface area contributed by atoms with Crippen LogP contribution < -0.4 is 0 Å². The van der Waals surface area contributed by atoms with Gasteiger partial charge in [-0.2, -0.15) is 0 Å². The maximum Gasteiger partial charge on any atom is 0.247 e. The maximum absolute atomic E-state index is 5.90. The Morgan fingerprint density at radius 3 is 2.82 bits per heavy atom. The molecule has 90 valence electrons. The van der Waals surface area contributed by atoms with Crippen molar-refractivity contribution in [3.63, 3.8) is 0 Å². The fourth-order valence-corrected chi connectivity index (χ4v) is 1.91. The lowest BCUT2D eigenvalue weighted by Crippen LogP contribution is -1.85. The molecule has 2 rings (SSSR count). The van der Waals surface area contributed by atoms with E-state index in [2.05, 4.69) is 10.2 Å². The van der Waals surface area contributed by atoms with Crippen molar-refractivity contribution in [1.82, 2.24) is 10.2 Å². The normalized spacial score (nSPS) is 10.8. The highest BCUT2D eigenvalue weighted by molar-refractivity contribution is 6.30. The van der Waals surface area contributed by atoms with E-state index in [1.807, 2.05) is 25.1 Å². The molecule has 17 heavy (non-hydrogen) atoms. The topological polar surface area (TPSA) is 38.9 Å². The number of benzene rings is 1. The Morgan fingerprint density at radius 1 is 1.29 bits per heavy atom. The van der Waals surface area contributed by atoms with Gasteiger partial charge in [-0.05, 0) is 37.1 Å². The van der Waals surface area contributed by atoms with Crippen LogP contribution in [0, 0.1) is 6.92 Å². The van der Waals surface area contributed by atoms with Crippen LogP contribution in [0.2, 0.25) is 5.02 Å². The first kappa shape index (κ1) is 12.4. The van der Waals surface area contributed by atoms with E-state index in [1.165, 1.54) is 0 Å². The van der Waals surface area contributed by atoms with Gasteiger partial charge in [0.25, 0.3) is 0 Å². The van der Waals surface area contributed by atoms with Crippen molar-refractivity contribution in [1.29, 1.82) is 0 Å². The maximum atomic E-state index is 5.90. The zero-order valence-corrected chi connectivity index (χ0v) is 10.9. The van der Waals surface area contributed by atoms with Gasteiger partial charge in [0.15, 0.2) is 0 Å². The lowest BCUT2D eigenvalue weighted by Gasteiger charge is -2.00. The standard InChI is InChI=1S/C12H12Cl2N2O/c1-8-7-9(14)4-5-10(8)12-16-15-11(17-12)3-2-6-13/h4-5,7H,2-3,6H2,1H3. The monoisotopic (exact) mass is 270 g/mol. The van der Waals surface area contributed by atoms with Gasteiger partial charge in [0, 0.05) is 22.9 Å². The molecule has 3 nitrogen and oxygen atoms in total. The average Bonchev–Trinajstić information content (AvgIpc) is 2.75. The van der Waals surface area contributed by atoms with Gasteiger partial charge in [0.2, 0.25) is 11.8 Å². The zero-order valence-electron chi connectivity index (χ0n) is 9.41. The summed E-state index contributed by atoms with van der Waals surface area (Å²) in [5, 5.41) is 8.71. The number of aryl methyl sites for hydroxylation is 2. The van der Waals surface area contributed by atoms with Gasteiger partial charge >= 0.3 is 0 Å². The van der Waals surface area contributed by atoms with E-state index in [0.29, 0.717) is 29.1 Å². The molecule has 0 fully saturated rings. The third-order valence-electron chi connectivity index (χ3n) is 2.41. The van der Waals surface area contributed by atoms with Crippen molar-refractivity contribution in [2.24, 2.45) is 0 Å². The first-order valence-electron chi connectivity index (χ1n) is 5.35. The fraction of sp³-hybridized carbons (Fsp3) is 0.333. The molecule has 0 radical (unpaired) electrons. The minimum Gasteiger partial charge on any atom is -0.421 e. The molecule has 0 N–H and O–H groups in total. The van der Waals surface area contributed by atoms with E-state index in [1.54, 1.807) is 0 Å². The molecule has 0 amide bonds. The molecule has 1 heterocycles. The average molecular weight is 271 g/mol. The number of hydrogen-bond donors (Lipinski definition) is 0. The van der Waals surface area contributed by atoms with Crippen molar-refractivity contribution >= 4 is 23.2 Å². The van der Waals surface area contributed by atoms with Crippen LogP contribution in [0.3, 0.4) is 0 Å². The quantitative estimate of drug-likeness (QED) is 0.792. The van der Waals surface area contributed by atoms with Crippen LogP contribution in [0.4, 0.5) is 0 Å². The second kappa shape index (κ2) is 5.52. The van der Waals surface area contributed by atoms with Crippen LogP contribution >= 0.6 is 23.2 Å². The van der Waals surface area contributed by atoms with Crippen LogP contribution in [0.5, 0.6) is 0 Å².